The number of nitrogens with zero attached hydrogens (tertiary/aromatic N) is 2. The number of piperidine rings is 1. The summed E-state index contributed by atoms with van der Waals surface area (Å²) in [6.45, 7) is 7.07. The number of hydrogen-bond acceptors (Lipinski definition) is 2. The quantitative estimate of drug-likeness (QED) is 0.715. The highest BCUT2D eigenvalue weighted by Gasteiger charge is 2.78. The highest BCUT2D eigenvalue weighted by Crippen LogP contribution is 2.80. The van der Waals surface area contributed by atoms with Crippen LogP contribution >= 0.6 is 0 Å². The lowest BCUT2D eigenvalue weighted by molar-refractivity contribution is -0.137. The van der Waals surface area contributed by atoms with Crippen LogP contribution in [-0.2, 0) is 6.18 Å². The van der Waals surface area contributed by atoms with Gasteiger partial charge in [-0.25, -0.2) is 4.98 Å². The fourth-order valence-corrected chi connectivity index (χ4v) is 7.34. The van der Waals surface area contributed by atoms with E-state index in [2.05, 4.69) is 30.7 Å². The zero-order chi connectivity index (χ0) is 18.4. The van der Waals surface area contributed by atoms with Crippen molar-refractivity contribution in [3.63, 3.8) is 0 Å². The molecule has 0 radical (unpaired) electrons. The Morgan fingerprint density at radius 1 is 1.27 bits per heavy atom. The van der Waals surface area contributed by atoms with Crippen molar-refractivity contribution in [1.82, 2.24) is 4.98 Å². The number of fused-ring (bicyclic) bond motifs is 3. The van der Waals surface area contributed by atoms with E-state index in [-0.39, 0.29) is 0 Å². The SMILES string of the molecule is CC(C)CC1C(C)C2C3CCC(N3c3ccc(C(F)(F)F)cn3)C13CC23. The highest BCUT2D eigenvalue weighted by molar-refractivity contribution is 5.50. The van der Waals surface area contributed by atoms with E-state index in [0.717, 1.165) is 29.8 Å². The Bertz CT molecular complexity index is 713. The Hall–Kier alpha value is -1.26. The molecule has 26 heavy (non-hydrogen) atoms. The number of rotatable bonds is 3. The average molecular weight is 364 g/mol. The molecule has 1 aromatic rings. The number of aromatic nitrogens is 1. The summed E-state index contributed by atoms with van der Waals surface area (Å²) in [5.41, 5.74) is -0.242. The molecule has 0 N–H and O–H groups in total. The number of alkyl halides is 3. The first-order chi connectivity index (χ1) is 12.2. The van der Waals surface area contributed by atoms with Gasteiger partial charge in [-0.1, -0.05) is 20.8 Å². The van der Waals surface area contributed by atoms with Crippen LogP contribution in [-0.4, -0.2) is 17.1 Å². The van der Waals surface area contributed by atoms with Gasteiger partial charge in [-0.3, -0.25) is 0 Å². The maximum atomic E-state index is 12.9. The van der Waals surface area contributed by atoms with Crippen molar-refractivity contribution in [3.8, 4) is 0 Å². The molecule has 3 heterocycles. The van der Waals surface area contributed by atoms with Gasteiger partial charge in [0, 0.05) is 18.3 Å². The van der Waals surface area contributed by atoms with Gasteiger partial charge < -0.3 is 4.90 Å². The Kier molecular flexibility index (Phi) is 3.36. The Labute approximate surface area is 153 Å². The molecule has 4 bridgehead atoms. The van der Waals surface area contributed by atoms with Crippen molar-refractivity contribution in [2.75, 3.05) is 4.90 Å². The summed E-state index contributed by atoms with van der Waals surface area (Å²) in [4.78, 5) is 6.71. The first-order valence-corrected chi connectivity index (χ1v) is 10.1. The number of hydrogen-bond donors (Lipinski definition) is 0. The Balaban J connectivity index is 1.50. The molecule has 2 saturated carbocycles. The predicted octanol–water partition coefficient (Wildman–Crippen LogP) is 5.39. The van der Waals surface area contributed by atoms with E-state index >= 15 is 0 Å². The molecular weight excluding hydrogens is 337 g/mol. The van der Waals surface area contributed by atoms with Gasteiger partial charge in [0.15, 0.2) is 0 Å². The molecule has 0 spiro atoms. The van der Waals surface area contributed by atoms with Crippen molar-refractivity contribution in [3.05, 3.63) is 23.9 Å². The molecule has 1 aromatic heterocycles. The topological polar surface area (TPSA) is 16.1 Å². The fraction of sp³-hybridized carbons (Fsp3) is 0.762. The number of pyridine rings is 1. The van der Waals surface area contributed by atoms with E-state index < -0.39 is 11.7 Å². The minimum Gasteiger partial charge on any atom is -0.350 e. The molecule has 4 aliphatic rings. The van der Waals surface area contributed by atoms with Gasteiger partial charge >= 0.3 is 6.18 Å². The summed E-state index contributed by atoms with van der Waals surface area (Å²) in [5.74, 6) is 4.51. The summed E-state index contributed by atoms with van der Waals surface area (Å²) in [6.07, 6.45) is 1.67. The Morgan fingerprint density at radius 3 is 2.65 bits per heavy atom. The van der Waals surface area contributed by atoms with Crippen LogP contribution < -0.4 is 4.90 Å². The third kappa shape index (κ3) is 2.03. The van der Waals surface area contributed by atoms with Crippen LogP contribution in [0.2, 0.25) is 0 Å². The maximum absolute atomic E-state index is 12.9. The van der Waals surface area contributed by atoms with Gasteiger partial charge in [-0.15, -0.1) is 0 Å². The maximum Gasteiger partial charge on any atom is 0.417 e. The lowest BCUT2D eigenvalue weighted by Gasteiger charge is -2.41. The molecular formula is C21H27F3N2. The standard InChI is InChI=1S/C21H27F3N2/c1-11(2)8-14-12(3)19-15-9-20(14,15)17-6-5-16(19)26(17)18-7-4-13(10-25-18)21(22,23)24/h4,7,10-12,14-17,19H,5-6,8-9H2,1-3H3. The summed E-state index contributed by atoms with van der Waals surface area (Å²) in [6, 6.07) is 3.76. The van der Waals surface area contributed by atoms with Crippen LogP contribution in [0.25, 0.3) is 0 Å². The third-order valence-corrected chi connectivity index (χ3v) is 8.06. The molecule has 2 aliphatic carbocycles. The lowest BCUT2D eigenvalue weighted by Crippen LogP contribution is -2.48. The van der Waals surface area contributed by atoms with Crippen molar-refractivity contribution in [2.45, 2.75) is 64.7 Å². The molecule has 2 saturated heterocycles. The minimum atomic E-state index is -4.32. The summed E-state index contributed by atoms with van der Waals surface area (Å²) in [5, 5.41) is 0. The zero-order valence-electron chi connectivity index (χ0n) is 15.6. The van der Waals surface area contributed by atoms with Crippen molar-refractivity contribution >= 4 is 5.82 Å². The van der Waals surface area contributed by atoms with Crippen LogP contribution in [0.4, 0.5) is 19.0 Å². The highest BCUT2D eigenvalue weighted by atomic mass is 19.4. The molecule has 2 aliphatic heterocycles. The van der Waals surface area contributed by atoms with Gasteiger partial charge in [0.05, 0.1) is 5.56 Å². The number of halogens is 3. The van der Waals surface area contributed by atoms with Crippen molar-refractivity contribution in [1.29, 1.82) is 0 Å². The van der Waals surface area contributed by atoms with Gasteiger partial charge in [0.25, 0.3) is 0 Å². The molecule has 0 aromatic carbocycles. The second-order valence-corrected chi connectivity index (χ2v) is 9.57. The molecule has 5 rings (SSSR count). The van der Waals surface area contributed by atoms with Gasteiger partial charge in [0.1, 0.15) is 5.82 Å². The zero-order valence-corrected chi connectivity index (χ0v) is 15.6. The predicted molar refractivity (Wildman–Crippen MR) is 94.7 cm³/mol. The van der Waals surface area contributed by atoms with E-state index in [9.17, 15) is 13.2 Å². The molecule has 7 atom stereocenters. The van der Waals surface area contributed by atoms with Gasteiger partial charge in [0.2, 0.25) is 0 Å². The molecule has 7 unspecified atom stereocenters. The normalized spacial score (nSPS) is 43.1. The summed E-state index contributed by atoms with van der Waals surface area (Å²) in [7, 11) is 0. The molecule has 142 valence electrons. The van der Waals surface area contributed by atoms with E-state index in [4.69, 9.17) is 0 Å². The van der Waals surface area contributed by atoms with E-state index in [1.165, 1.54) is 31.7 Å². The molecule has 2 nitrogen and oxygen atoms in total. The first-order valence-electron chi connectivity index (χ1n) is 10.1. The van der Waals surface area contributed by atoms with E-state index in [0.29, 0.717) is 29.3 Å². The smallest absolute Gasteiger partial charge is 0.350 e. The average Bonchev–Trinajstić information content (AvgIpc) is 3.14. The Morgan fingerprint density at radius 2 is 2.04 bits per heavy atom. The third-order valence-electron chi connectivity index (χ3n) is 8.06. The van der Waals surface area contributed by atoms with Crippen molar-refractivity contribution < 1.29 is 13.2 Å². The van der Waals surface area contributed by atoms with Crippen LogP contribution in [0.1, 0.15) is 52.0 Å². The lowest BCUT2D eigenvalue weighted by atomic mass is 9.73. The molecule has 4 fully saturated rings. The summed E-state index contributed by atoms with van der Waals surface area (Å²) >= 11 is 0. The van der Waals surface area contributed by atoms with Crippen LogP contribution in [0.3, 0.4) is 0 Å². The van der Waals surface area contributed by atoms with E-state index in [1.807, 2.05) is 0 Å². The monoisotopic (exact) mass is 364 g/mol. The number of anilines is 1. The van der Waals surface area contributed by atoms with Gasteiger partial charge in [-0.05, 0) is 72.8 Å². The molecule has 0 amide bonds. The second kappa shape index (κ2) is 5.17. The first kappa shape index (κ1) is 16.9. The summed E-state index contributed by atoms with van der Waals surface area (Å²) < 4.78 is 38.7. The van der Waals surface area contributed by atoms with Crippen LogP contribution in [0, 0.1) is 35.0 Å². The fourth-order valence-electron chi connectivity index (χ4n) is 7.34. The molecule has 5 heteroatoms. The van der Waals surface area contributed by atoms with Crippen LogP contribution in [0.15, 0.2) is 18.3 Å². The largest absolute Gasteiger partial charge is 0.417 e. The minimum absolute atomic E-state index is 0.408. The second-order valence-electron chi connectivity index (χ2n) is 9.57. The van der Waals surface area contributed by atoms with Crippen molar-refractivity contribution in [2.24, 2.45) is 35.0 Å². The van der Waals surface area contributed by atoms with E-state index in [1.54, 1.807) is 6.07 Å². The van der Waals surface area contributed by atoms with Crippen LogP contribution in [0.5, 0.6) is 0 Å². The van der Waals surface area contributed by atoms with Gasteiger partial charge in [-0.2, -0.15) is 13.2 Å².